The van der Waals surface area contributed by atoms with Crippen LogP contribution in [0.2, 0.25) is 0 Å². The molecule has 12 heavy (non-hydrogen) atoms. The fraction of sp³-hybridized carbons (Fsp3) is 0.857. The SMILES string of the molecule is CC(C)(C)[C@H](C(=O)O)C(F)(F)F. The minimum Gasteiger partial charge on any atom is -0.481 e. The molecule has 0 aromatic heterocycles. The zero-order valence-electron chi connectivity index (χ0n) is 7.07. The molecule has 0 rings (SSSR count). The minimum absolute atomic E-state index is 1.25. The average Bonchev–Trinajstić information content (AvgIpc) is 1.49. The van der Waals surface area contributed by atoms with Crippen molar-refractivity contribution in [2.75, 3.05) is 0 Å². The predicted molar refractivity (Wildman–Crippen MR) is 36.6 cm³/mol. The lowest BCUT2D eigenvalue weighted by molar-refractivity contribution is -0.212. The van der Waals surface area contributed by atoms with Gasteiger partial charge in [0.2, 0.25) is 0 Å². The molecule has 0 saturated heterocycles. The molecule has 0 amide bonds. The van der Waals surface area contributed by atoms with Gasteiger partial charge in [0.25, 0.3) is 0 Å². The van der Waals surface area contributed by atoms with Gasteiger partial charge in [-0.1, -0.05) is 20.8 Å². The topological polar surface area (TPSA) is 37.3 Å². The van der Waals surface area contributed by atoms with Crippen LogP contribution >= 0.6 is 0 Å². The average molecular weight is 184 g/mol. The Kier molecular flexibility index (Phi) is 2.77. The Labute approximate surface area is 68.4 Å². The molecule has 2 nitrogen and oxygen atoms in total. The number of rotatable bonds is 1. The van der Waals surface area contributed by atoms with Gasteiger partial charge >= 0.3 is 12.1 Å². The van der Waals surface area contributed by atoms with E-state index in [1.54, 1.807) is 0 Å². The molecule has 0 spiro atoms. The first-order chi connectivity index (χ1) is 5.07. The summed E-state index contributed by atoms with van der Waals surface area (Å²) in [6, 6.07) is 0. The standard InChI is InChI=1S/C7H11F3O2/c1-6(2,3)4(5(11)12)7(8,9)10/h4H,1-3H3,(H,11,12)/t4-/m0/s1. The quantitative estimate of drug-likeness (QED) is 0.678. The van der Waals surface area contributed by atoms with Crippen LogP contribution in [0.25, 0.3) is 0 Å². The normalized spacial score (nSPS) is 15.8. The fourth-order valence-electron chi connectivity index (χ4n) is 1.00. The Balaban J connectivity index is 4.82. The van der Waals surface area contributed by atoms with Crippen molar-refractivity contribution in [3.63, 3.8) is 0 Å². The molecule has 0 heterocycles. The van der Waals surface area contributed by atoms with Crippen molar-refractivity contribution in [3.8, 4) is 0 Å². The van der Waals surface area contributed by atoms with Crippen LogP contribution in [-0.2, 0) is 4.79 Å². The molecule has 0 aromatic carbocycles. The van der Waals surface area contributed by atoms with Gasteiger partial charge < -0.3 is 5.11 Å². The van der Waals surface area contributed by atoms with Gasteiger partial charge in [0, 0.05) is 0 Å². The lowest BCUT2D eigenvalue weighted by Gasteiger charge is -2.28. The number of carbonyl (C=O) groups is 1. The van der Waals surface area contributed by atoms with E-state index in [1.165, 1.54) is 20.8 Å². The van der Waals surface area contributed by atoms with Gasteiger partial charge in [-0.15, -0.1) is 0 Å². The van der Waals surface area contributed by atoms with Crippen molar-refractivity contribution < 1.29 is 23.1 Å². The number of halogens is 3. The molecule has 0 aliphatic carbocycles. The van der Waals surface area contributed by atoms with Gasteiger partial charge in [-0.2, -0.15) is 13.2 Å². The Morgan fingerprint density at radius 1 is 1.25 bits per heavy atom. The second-order valence-electron chi connectivity index (χ2n) is 3.68. The lowest BCUT2D eigenvalue weighted by atomic mass is 9.80. The summed E-state index contributed by atoms with van der Waals surface area (Å²) in [6.45, 7) is 3.75. The molecule has 0 saturated carbocycles. The van der Waals surface area contributed by atoms with Gasteiger partial charge in [-0.3, -0.25) is 4.79 Å². The maximum atomic E-state index is 12.1. The summed E-state index contributed by atoms with van der Waals surface area (Å²) in [5, 5.41) is 8.32. The molecule has 0 aliphatic rings. The van der Waals surface area contributed by atoms with Crippen LogP contribution < -0.4 is 0 Å². The van der Waals surface area contributed by atoms with Crippen molar-refractivity contribution in [1.82, 2.24) is 0 Å². The second kappa shape index (κ2) is 2.95. The van der Waals surface area contributed by atoms with E-state index in [-0.39, 0.29) is 0 Å². The number of aliphatic carboxylic acids is 1. The van der Waals surface area contributed by atoms with Crippen LogP contribution in [0.15, 0.2) is 0 Å². The first-order valence-corrected chi connectivity index (χ1v) is 3.36. The lowest BCUT2D eigenvalue weighted by Crippen LogP contribution is -2.40. The van der Waals surface area contributed by atoms with Gasteiger partial charge in [0.15, 0.2) is 5.92 Å². The van der Waals surface area contributed by atoms with E-state index in [0.717, 1.165) is 0 Å². The molecule has 0 radical (unpaired) electrons. The number of carboxylic acid groups (broad SMARTS) is 1. The maximum absolute atomic E-state index is 12.1. The van der Waals surface area contributed by atoms with Crippen LogP contribution in [0.1, 0.15) is 20.8 Å². The predicted octanol–water partition coefficient (Wildman–Crippen LogP) is 2.30. The summed E-state index contributed by atoms with van der Waals surface area (Å²) >= 11 is 0. The molecule has 0 bridgehead atoms. The maximum Gasteiger partial charge on any atom is 0.402 e. The van der Waals surface area contributed by atoms with E-state index in [2.05, 4.69) is 0 Å². The third-order valence-corrected chi connectivity index (χ3v) is 1.44. The molecular weight excluding hydrogens is 173 g/mol. The van der Waals surface area contributed by atoms with Crippen LogP contribution in [0.5, 0.6) is 0 Å². The number of hydrogen-bond donors (Lipinski definition) is 1. The third-order valence-electron chi connectivity index (χ3n) is 1.44. The molecule has 5 heteroatoms. The van der Waals surface area contributed by atoms with E-state index < -0.39 is 23.5 Å². The van der Waals surface area contributed by atoms with Crippen LogP contribution in [-0.4, -0.2) is 17.3 Å². The highest BCUT2D eigenvalue weighted by Gasteiger charge is 2.51. The fourth-order valence-corrected chi connectivity index (χ4v) is 1.00. The number of carboxylic acids is 1. The zero-order chi connectivity index (χ0) is 10.2. The molecule has 0 aromatic rings. The van der Waals surface area contributed by atoms with Gasteiger partial charge in [0.05, 0.1) is 0 Å². The molecule has 72 valence electrons. The van der Waals surface area contributed by atoms with E-state index in [1.807, 2.05) is 0 Å². The number of hydrogen-bond acceptors (Lipinski definition) is 1. The molecule has 1 N–H and O–H groups in total. The van der Waals surface area contributed by atoms with Crippen molar-refractivity contribution in [1.29, 1.82) is 0 Å². The highest BCUT2D eigenvalue weighted by molar-refractivity contribution is 5.71. The number of alkyl halides is 3. The smallest absolute Gasteiger partial charge is 0.402 e. The van der Waals surface area contributed by atoms with Crippen molar-refractivity contribution >= 4 is 5.97 Å². The van der Waals surface area contributed by atoms with Crippen LogP contribution in [0, 0.1) is 11.3 Å². The monoisotopic (exact) mass is 184 g/mol. The molecular formula is C7H11F3O2. The van der Waals surface area contributed by atoms with E-state index in [4.69, 9.17) is 5.11 Å². The Hall–Kier alpha value is -0.740. The first kappa shape index (κ1) is 11.3. The summed E-state index contributed by atoms with van der Waals surface area (Å²) in [4.78, 5) is 10.3. The summed E-state index contributed by atoms with van der Waals surface area (Å²) in [5.41, 5.74) is -1.30. The third kappa shape index (κ3) is 2.71. The van der Waals surface area contributed by atoms with E-state index in [9.17, 15) is 18.0 Å². The molecule has 0 fully saturated rings. The Morgan fingerprint density at radius 2 is 1.58 bits per heavy atom. The Morgan fingerprint density at radius 3 is 1.58 bits per heavy atom. The summed E-state index contributed by atoms with van der Waals surface area (Å²) in [7, 11) is 0. The highest BCUT2D eigenvalue weighted by Crippen LogP contribution is 2.39. The summed E-state index contributed by atoms with van der Waals surface area (Å²) in [6.07, 6.45) is -4.68. The largest absolute Gasteiger partial charge is 0.481 e. The van der Waals surface area contributed by atoms with Gasteiger partial charge in [-0.25, -0.2) is 0 Å². The summed E-state index contributed by atoms with van der Waals surface area (Å²) < 4.78 is 36.3. The van der Waals surface area contributed by atoms with Crippen LogP contribution in [0.4, 0.5) is 13.2 Å². The molecule has 1 atom stereocenters. The van der Waals surface area contributed by atoms with E-state index >= 15 is 0 Å². The van der Waals surface area contributed by atoms with Crippen LogP contribution in [0.3, 0.4) is 0 Å². The summed E-state index contributed by atoms with van der Waals surface area (Å²) in [5.74, 6) is -4.13. The van der Waals surface area contributed by atoms with Gasteiger partial charge in [0.1, 0.15) is 0 Å². The van der Waals surface area contributed by atoms with Crippen molar-refractivity contribution in [3.05, 3.63) is 0 Å². The molecule has 0 aliphatic heterocycles. The Bertz CT molecular complexity index is 164. The minimum atomic E-state index is -4.68. The molecule has 0 unspecified atom stereocenters. The van der Waals surface area contributed by atoms with Crippen molar-refractivity contribution in [2.24, 2.45) is 11.3 Å². The zero-order valence-corrected chi connectivity index (χ0v) is 7.07. The highest BCUT2D eigenvalue weighted by atomic mass is 19.4. The first-order valence-electron chi connectivity index (χ1n) is 3.36. The van der Waals surface area contributed by atoms with Gasteiger partial charge in [-0.05, 0) is 5.41 Å². The second-order valence-corrected chi connectivity index (χ2v) is 3.68. The van der Waals surface area contributed by atoms with E-state index in [0.29, 0.717) is 0 Å². The van der Waals surface area contributed by atoms with Crippen molar-refractivity contribution in [2.45, 2.75) is 26.9 Å².